The lowest BCUT2D eigenvalue weighted by Gasteiger charge is -2.11. The average Bonchev–Trinajstić information content (AvgIpc) is 2.46. The van der Waals surface area contributed by atoms with Gasteiger partial charge >= 0.3 is 0 Å². The SMILES string of the molecule is CNc1ccc(/N=N/c2ccc(N(C)C)cc2)cc1. The third-order valence-electron chi connectivity index (χ3n) is 2.80. The highest BCUT2D eigenvalue weighted by atomic mass is 15.1. The maximum Gasteiger partial charge on any atom is 0.0858 e. The largest absolute Gasteiger partial charge is 0.388 e. The summed E-state index contributed by atoms with van der Waals surface area (Å²) in [7, 11) is 5.92. The lowest BCUT2D eigenvalue weighted by atomic mass is 10.3. The Bertz CT molecular complexity index is 541. The van der Waals surface area contributed by atoms with Gasteiger partial charge in [0, 0.05) is 32.5 Å². The lowest BCUT2D eigenvalue weighted by Crippen LogP contribution is -2.07. The first-order valence-electron chi connectivity index (χ1n) is 6.16. The number of hydrogen-bond acceptors (Lipinski definition) is 4. The van der Waals surface area contributed by atoms with Gasteiger partial charge in [0.05, 0.1) is 11.4 Å². The molecule has 19 heavy (non-hydrogen) atoms. The molecule has 0 bridgehead atoms. The van der Waals surface area contributed by atoms with Crippen molar-refractivity contribution in [3.63, 3.8) is 0 Å². The van der Waals surface area contributed by atoms with Gasteiger partial charge in [-0.05, 0) is 48.5 Å². The van der Waals surface area contributed by atoms with E-state index in [1.165, 1.54) is 0 Å². The smallest absolute Gasteiger partial charge is 0.0858 e. The zero-order valence-corrected chi connectivity index (χ0v) is 11.5. The fourth-order valence-corrected chi connectivity index (χ4v) is 1.63. The minimum Gasteiger partial charge on any atom is -0.388 e. The number of rotatable bonds is 4. The highest BCUT2D eigenvalue weighted by Crippen LogP contribution is 2.22. The molecule has 2 rings (SSSR count). The molecule has 0 aliphatic heterocycles. The van der Waals surface area contributed by atoms with Crippen LogP contribution >= 0.6 is 0 Å². The first-order valence-corrected chi connectivity index (χ1v) is 6.16. The number of hydrogen-bond donors (Lipinski definition) is 1. The van der Waals surface area contributed by atoms with Crippen LogP contribution in [-0.4, -0.2) is 21.1 Å². The Kier molecular flexibility index (Phi) is 4.13. The summed E-state index contributed by atoms with van der Waals surface area (Å²) < 4.78 is 0. The van der Waals surface area contributed by atoms with Crippen molar-refractivity contribution in [1.82, 2.24) is 0 Å². The van der Waals surface area contributed by atoms with E-state index >= 15 is 0 Å². The molecule has 2 aromatic rings. The van der Waals surface area contributed by atoms with E-state index in [0.717, 1.165) is 22.7 Å². The zero-order chi connectivity index (χ0) is 13.7. The van der Waals surface area contributed by atoms with Crippen LogP contribution in [0.5, 0.6) is 0 Å². The molecular weight excluding hydrogens is 236 g/mol. The van der Waals surface area contributed by atoms with Crippen molar-refractivity contribution < 1.29 is 0 Å². The van der Waals surface area contributed by atoms with Crippen molar-refractivity contribution >= 4 is 22.7 Å². The van der Waals surface area contributed by atoms with Crippen LogP contribution in [0.25, 0.3) is 0 Å². The first-order chi connectivity index (χ1) is 9.19. The Morgan fingerprint density at radius 1 is 0.789 bits per heavy atom. The maximum absolute atomic E-state index is 4.22. The minimum absolute atomic E-state index is 0.843. The summed E-state index contributed by atoms with van der Waals surface area (Å²) in [5, 5.41) is 11.5. The van der Waals surface area contributed by atoms with Crippen LogP contribution in [0.15, 0.2) is 58.8 Å². The maximum atomic E-state index is 4.22. The molecule has 0 atom stereocenters. The van der Waals surface area contributed by atoms with Gasteiger partial charge in [-0.3, -0.25) is 0 Å². The fourth-order valence-electron chi connectivity index (χ4n) is 1.63. The van der Waals surface area contributed by atoms with Crippen molar-refractivity contribution in [3.05, 3.63) is 48.5 Å². The van der Waals surface area contributed by atoms with E-state index in [2.05, 4.69) is 20.4 Å². The van der Waals surface area contributed by atoms with Crippen LogP contribution < -0.4 is 10.2 Å². The third kappa shape index (κ3) is 3.55. The molecule has 0 saturated carbocycles. The molecule has 0 radical (unpaired) electrons. The van der Waals surface area contributed by atoms with Crippen LogP contribution in [0, 0.1) is 0 Å². The molecule has 4 heteroatoms. The second kappa shape index (κ2) is 6.00. The molecule has 0 fully saturated rings. The molecule has 1 N–H and O–H groups in total. The molecule has 0 aromatic heterocycles. The topological polar surface area (TPSA) is 40.0 Å². The summed E-state index contributed by atoms with van der Waals surface area (Å²) in [6.07, 6.45) is 0. The average molecular weight is 254 g/mol. The Morgan fingerprint density at radius 2 is 1.26 bits per heavy atom. The van der Waals surface area contributed by atoms with Gasteiger partial charge in [-0.2, -0.15) is 10.2 Å². The predicted molar refractivity (Wildman–Crippen MR) is 80.9 cm³/mol. The minimum atomic E-state index is 0.843. The van der Waals surface area contributed by atoms with Gasteiger partial charge in [-0.15, -0.1) is 0 Å². The Hall–Kier alpha value is -2.36. The highest BCUT2D eigenvalue weighted by molar-refractivity contribution is 5.53. The van der Waals surface area contributed by atoms with Crippen LogP contribution in [0.1, 0.15) is 0 Å². The standard InChI is InChI=1S/C15H18N4/c1-16-12-4-6-13(7-5-12)17-18-14-8-10-15(11-9-14)19(2)3/h4-11,16H,1-3H3/b18-17+. The van der Waals surface area contributed by atoms with Gasteiger partial charge in [0.2, 0.25) is 0 Å². The Labute approximate surface area is 113 Å². The van der Waals surface area contributed by atoms with Crippen molar-refractivity contribution in [2.24, 2.45) is 10.2 Å². The van der Waals surface area contributed by atoms with Crippen molar-refractivity contribution in [1.29, 1.82) is 0 Å². The van der Waals surface area contributed by atoms with Crippen LogP contribution in [0.4, 0.5) is 22.7 Å². The van der Waals surface area contributed by atoms with Crippen LogP contribution in [0.3, 0.4) is 0 Å². The van der Waals surface area contributed by atoms with E-state index in [1.54, 1.807) is 0 Å². The van der Waals surface area contributed by atoms with Gasteiger partial charge in [0.1, 0.15) is 0 Å². The van der Waals surface area contributed by atoms with E-state index in [4.69, 9.17) is 0 Å². The van der Waals surface area contributed by atoms with Gasteiger partial charge in [0.15, 0.2) is 0 Å². The first kappa shape index (κ1) is 13.1. The van der Waals surface area contributed by atoms with E-state index in [1.807, 2.05) is 69.7 Å². The van der Waals surface area contributed by atoms with Gasteiger partial charge < -0.3 is 10.2 Å². The number of azo groups is 1. The summed E-state index contributed by atoms with van der Waals surface area (Å²) in [6, 6.07) is 15.8. The van der Waals surface area contributed by atoms with Crippen LogP contribution in [0.2, 0.25) is 0 Å². The summed E-state index contributed by atoms with van der Waals surface area (Å²) in [6.45, 7) is 0. The summed E-state index contributed by atoms with van der Waals surface area (Å²) >= 11 is 0. The normalized spacial score (nSPS) is 10.7. The van der Waals surface area contributed by atoms with Crippen molar-refractivity contribution in [2.45, 2.75) is 0 Å². The third-order valence-corrected chi connectivity index (χ3v) is 2.80. The number of anilines is 2. The Morgan fingerprint density at radius 3 is 1.68 bits per heavy atom. The van der Waals surface area contributed by atoms with Gasteiger partial charge in [0.25, 0.3) is 0 Å². The molecule has 98 valence electrons. The molecule has 0 aliphatic carbocycles. The van der Waals surface area contributed by atoms with E-state index < -0.39 is 0 Å². The number of benzene rings is 2. The quantitative estimate of drug-likeness (QED) is 0.830. The van der Waals surface area contributed by atoms with Crippen LogP contribution in [-0.2, 0) is 0 Å². The Balaban J connectivity index is 2.08. The van der Waals surface area contributed by atoms with E-state index in [0.29, 0.717) is 0 Å². The molecule has 0 aliphatic rings. The molecule has 0 spiro atoms. The summed E-state index contributed by atoms with van der Waals surface area (Å²) in [5.41, 5.74) is 3.91. The number of nitrogens with zero attached hydrogens (tertiary/aromatic N) is 3. The molecule has 0 amide bonds. The molecule has 4 nitrogen and oxygen atoms in total. The van der Waals surface area contributed by atoms with Crippen molar-refractivity contribution in [2.75, 3.05) is 31.4 Å². The lowest BCUT2D eigenvalue weighted by molar-refractivity contribution is 1.13. The summed E-state index contributed by atoms with van der Waals surface area (Å²) in [5.74, 6) is 0. The number of nitrogens with one attached hydrogen (secondary N) is 1. The summed E-state index contributed by atoms with van der Waals surface area (Å²) in [4.78, 5) is 2.05. The van der Waals surface area contributed by atoms with Gasteiger partial charge in [-0.1, -0.05) is 0 Å². The van der Waals surface area contributed by atoms with E-state index in [-0.39, 0.29) is 0 Å². The second-order valence-corrected chi connectivity index (χ2v) is 4.41. The highest BCUT2D eigenvalue weighted by Gasteiger charge is 1.95. The molecule has 0 saturated heterocycles. The molecular formula is C15H18N4. The fraction of sp³-hybridized carbons (Fsp3) is 0.200. The molecule has 2 aromatic carbocycles. The molecule has 0 heterocycles. The zero-order valence-electron chi connectivity index (χ0n) is 11.5. The van der Waals surface area contributed by atoms with Crippen molar-refractivity contribution in [3.8, 4) is 0 Å². The monoisotopic (exact) mass is 254 g/mol. The predicted octanol–water partition coefficient (Wildman–Crippen LogP) is 4.21. The second-order valence-electron chi connectivity index (χ2n) is 4.41. The van der Waals surface area contributed by atoms with Gasteiger partial charge in [-0.25, -0.2) is 0 Å². The van der Waals surface area contributed by atoms with E-state index in [9.17, 15) is 0 Å². The molecule has 0 unspecified atom stereocenters.